The molecule has 0 radical (unpaired) electrons. The molecule has 8 aromatic rings. The van der Waals surface area contributed by atoms with Gasteiger partial charge in [0.15, 0.2) is 0 Å². The summed E-state index contributed by atoms with van der Waals surface area (Å²) in [6, 6.07) is 48.5. The highest BCUT2D eigenvalue weighted by Crippen LogP contribution is 2.63. The molecule has 0 fully saturated rings. The Bertz CT molecular complexity index is 2590. The molecule has 0 N–H and O–H groups in total. The van der Waals surface area contributed by atoms with Gasteiger partial charge >= 0.3 is 5.97 Å². The average molecular weight is 675 g/mol. The number of ether oxygens (including phenoxy) is 1. The second kappa shape index (κ2) is 11.6. The first-order valence-corrected chi connectivity index (χ1v) is 18.5. The van der Waals surface area contributed by atoms with Gasteiger partial charge in [-0.05, 0) is 112 Å². The molecule has 0 amide bonds. The van der Waals surface area contributed by atoms with Crippen molar-refractivity contribution in [2.24, 2.45) is 0 Å². The number of aromatic nitrogens is 2. The molecule has 52 heavy (non-hydrogen) atoms. The van der Waals surface area contributed by atoms with E-state index in [1.807, 2.05) is 0 Å². The third-order valence-electron chi connectivity index (χ3n) is 12.1. The zero-order valence-electron chi connectivity index (χ0n) is 29.4. The van der Waals surface area contributed by atoms with Crippen molar-refractivity contribution < 1.29 is 9.53 Å². The Kier molecular flexibility index (Phi) is 6.88. The summed E-state index contributed by atoms with van der Waals surface area (Å²) in [4.78, 5) is 24.1. The molecular weight excluding hydrogens is 637 g/mol. The number of benzene rings is 6. The summed E-state index contributed by atoms with van der Waals surface area (Å²) in [5.41, 5.74) is 10.5. The van der Waals surface area contributed by atoms with Crippen LogP contribution in [0, 0.1) is 0 Å². The number of para-hydroxylation sites is 2. The fraction of sp³-hybridized carbons (Fsp3) is 0.188. The Morgan fingerprint density at radius 1 is 0.538 bits per heavy atom. The van der Waals surface area contributed by atoms with Gasteiger partial charge < -0.3 is 4.74 Å². The van der Waals surface area contributed by atoms with E-state index in [2.05, 4.69) is 140 Å². The smallest absolute Gasteiger partial charge is 0.305 e. The van der Waals surface area contributed by atoms with Gasteiger partial charge in [0.2, 0.25) is 0 Å². The second-order valence-electron chi connectivity index (χ2n) is 14.8. The molecule has 2 unspecified atom stereocenters. The van der Waals surface area contributed by atoms with Crippen LogP contribution in [0.1, 0.15) is 61.3 Å². The van der Waals surface area contributed by atoms with E-state index in [0.717, 1.165) is 58.0 Å². The van der Waals surface area contributed by atoms with Gasteiger partial charge in [0.05, 0.1) is 29.5 Å². The molecule has 252 valence electrons. The van der Waals surface area contributed by atoms with E-state index in [-0.39, 0.29) is 5.97 Å². The van der Waals surface area contributed by atoms with Gasteiger partial charge in [-0.25, -0.2) is 9.97 Å². The monoisotopic (exact) mass is 674 g/mol. The molecule has 2 atom stereocenters. The van der Waals surface area contributed by atoms with Crippen LogP contribution < -0.4 is 0 Å². The number of methoxy groups -OCH3 is 1. The van der Waals surface area contributed by atoms with Crippen molar-refractivity contribution in [2.45, 2.75) is 49.9 Å². The number of nitrogens with zero attached hydrogens (tertiary/aromatic N) is 2. The minimum absolute atomic E-state index is 0.195. The maximum Gasteiger partial charge on any atom is 0.305 e. The first-order valence-electron chi connectivity index (χ1n) is 18.5. The normalized spacial score (nSPS) is 18.4. The van der Waals surface area contributed by atoms with Crippen LogP contribution in [0.5, 0.6) is 0 Å². The first-order chi connectivity index (χ1) is 25.5. The van der Waals surface area contributed by atoms with E-state index in [4.69, 9.17) is 14.7 Å². The quantitative estimate of drug-likeness (QED) is 0.158. The zero-order valence-corrected chi connectivity index (χ0v) is 29.4. The van der Waals surface area contributed by atoms with Crippen molar-refractivity contribution in [1.29, 1.82) is 0 Å². The highest BCUT2D eigenvalue weighted by atomic mass is 16.5. The fourth-order valence-electron chi connectivity index (χ4n) is 9.78. The van der Waals surface area contributed by atoms with Crippen LogP contribution in [-0.4, -0.2) is 23.0 Å². The molecular formula is C48H38N2O2. The molecule has 0 saturated heterocycles. The van der Waals surface area contributed by atoms with Gasteiger partial charge in [-0.1, -0.05) is 98.3 Å². The minimum atomic E-state index is -0.550. The number of carbonyl (C=O) groups excluding carboxylic acids is 1. The van der Waals surface area contributed by atoms with Crippen LogP contribution in [-0.2, 0) is 20.4 Å². The number of esters is 1. The summed E-state index contributed by atoms with van der Waals surface area (Å²) >= 11 is 0. The number of carbonyl (C=O) groups is 1. The lowest BCUT2D eigenvalue weighted by Crippen LogP contribution is -2.38. The van der Waals surface area contributed by atoms with E-state index in [1.54, 1.807) is 0 Å². The largest absolute Gasteiger partial charge is 0.469 e. The van der Waals surface area contributed by atoms with Crippen molar-refractivity contribution >= 4 is 49.3 Å². The topological polar surface area (TPSA) is 52.1 Å². The minimum Gasteiger partial charge on any atom is -0.469 e. The van der Waals surface area contributed by atoms with Crippen molar-refractivity contribution in [3.8, 4) is 22.5 Å². The maximum atomic E-state index is 13.2. The van der Waals surface area contributed by atoms with Crippen LogP contribution in [0.2, 0.25) is 0 Å². The van der Waals surface area contributed by atoms with Gasteiger partial charge in [0.25, 0.3) is 0 Å². The SMILES string of the molecule is CCCC1(CC2(CCC(=O)OC)c3cc4ccccc4cc3-c3nc4ccccc4cc32)c2cc3ccccc3cc2-c2nc3ccccc3cc21. The summed E-state index contributed by atoms with van der Waals surface area (Å²) in [6.07, 6.45) is 3.58. The molecule has 0 saturated carbocycles. The summed E-state index contributed by atoms with van der Waals surface area (Å²) in [5, 5.41) is 7.08. The van der Waals surface area contributed by atoms with Crippen LogP contribution in [0.4, 0.5) is 0 Å². The standard InChI is InChI=1S/C48H38N2O2/c1-3-21-47(38-25-32-14-6-4-12-30(32)23-36(38)45-40(47)27-34-16-8-10-18-42(34)49-45)29-48(22-20-44(51)52-2)39-26-33-15-7-5-13-31(33)24-37(39)46-41(48)28-35-17-9-11-19-43(35)50-46/h4-19,23-28H,3,20-22,29H2,1-2H3. The van der Waals surface area contributed by atoms with Crippen LogP contribution >= 0.6 is 0 Å². The van der Waals surface area contributed by atoms with Crippen LogP contribution in [0.15, 0.2) is 133 Å². The third-order valence-corrected chi connectivity index (χ3v) is 12.1. The van der Waals surface area contributed by atoms with Crippen molar-refractivity contribution in [2.75, 3.05) is 7.11 Å². The summed E-state index contributed by atoms with van der Waals surface area (Å²) in [7, 11) is 1.50. The van der Waals surface area contributed by atoms with Gasteiger partial charge in [-0.2, -0.15) is 0 Å². The van der Waals surface area contributed by atoms with Gasteiger partial charge in [0.1, 0.15) is 0 Å². The Balaban J connectivity index is 1.32. The Morgan fingerprint density at radius 2 is 0.942 bits per heavy atom. The lowest BCUT2D eigenvalue weighted by molar-refractivity contribution is -0.141. The zero-order chi connectivity index (χ0) is 35.0. The summed E-state index contributed by atoms with van der Waals surface area (Å²) < 4.78 is 5.36. The van der Waals surface area contributed by atoms with Gasteiger partial charge in [-0.15, -0.1) is 0 Å². The lowest BCUT2D eigenvalue weighted by atomic mass is 9.59. The van der Waals surface area contributed by atoms with E-state index in [9.17, 15) is 4.79 Å². The molecule has 4 nitrogen and oxygen atoms in total. The number of rotatable bonds is 7. The second-order valence-corrected chi connectivity index (χ2v) is 14.8. The Labute approximate surface area is 303 Å². The lowest BCUT2D eigenvalue weighted by Gasteiger charge is -2.42. The van der Waals surface area contributed by atoms with E-state index in [0.29, 0.717) is 12.8 Å². The predicted octanol–water partition coefficient (Wildman–Crippen LogP) is 11.5. The maximum absolute atomic E-state index is 13.2. The number of fused-ring (bicyclic) bond motifs is 10. The molecule has 0 aliphatic heterocycles. The van der Waals surface area contributed by atoms with Crippen molar-refractivity contribution in [3.05, 3.63) is 156 Å². The Morgan fingerprint density at radius 3 is 1.40 bits per heavy atom. The van der Waals surface area contributed by atoms with Crippen LogP contribution in [0.3, 0.4) is 0 Å². The summed E-state index contributed by atoms with van der Waals surface area (Å²) in [6.45, 7) is 2.30. The summed E-state index contributed by atoms with van der Waals surface area (Å²) in [5.74, 6) is -0.195. The van der Waals surface area contributed by atoms with Gasteiger partial charge in [0, 0.05) is 39.2 Å². The number of hydrogen-bond acceptors (Lipinski definition) is 4. The predicted molar refractivity (Wildman–Crippen MR) is 212 cm³/mol. The molecule has 2 heterocycles. The van der Waals surface area contributed by atoms with Crippen LogP contribution in [0.25, 0.3) is 65.9 Å². The molecule has 2 aliphatic carbocycles. The van der Waals surface area contributed by atoms with E-state index in [1.165, 1.54) is 56.5 Å². The number of hydrogen-bond donors (Lipinski definition) is 0. The van der Waals surface area contributed by atoms with E-state index >= 15 is 0 Å². The van der Waals surface area contributed by atoms with Crippen molar-refractivity contribution in [3.63, 3.8) is 0 Å². The highest BCUT2D eigenvalue weighted by molar-refractivity contribution is 5.98. The molecule has 6 aromatic carbocycles. The fourth-order valence-corrected chi connectivity index (χ4v) is 9.78. The molecule has 0 spiro atoms. The van der Waals surface area contributed by atoms with E-state index < -0.39 is 10.8 Å². The first kappa shape index (κ1) is 30.9. The molecule has 0 bridgehead atoms. The molecule has 2 aliphatic rings. The van der Waals surface area contributed by atoms with Crippen molar-refractivity contribution in [1.82, 2.24) is 9.97 Å². The average Bonchev–Trinajstić information content (AvgIpc) is 3.57. The van der Waals surface area contributed by atoms with Gasteiger partial charge in [-0.3, -0.25) is 4.79 Å². The molecule has 2 aromatic heterocycles. The number of pyridine rings is 2. The molecule has 10 rings (SSSR count). The Hall–Kier alpha value is -5.87. The highest BCUT2D eigenvalue weighted by Gasteiger charge is 2.54. The molecule has 4 heteroatoms. The third kappa shape index (κ3) is 4.43.